The van der Waals surface area contributed by atoms with Gasteiger partial charge in [0.05, 0.1) is 5.56 Å². The molecule has 0 atom stereocenters. The molecule has 0 radical (unpaired) electrons. The minimum Gasteiger partial charge on any atom is -0.381 e. The van der Waals surface area contributed by atoms with Gasteiger partial charge in [-0.3, -0.25) is 4.98 Å². The summed E-state index contributed by atoms with van der Waals surface area (Å²) in [5, 5.41) is 3.32. The van der Waals surface area contributed by atoms with Crippen molar-refractivity contribution in [3.05, 3.63) is 30.1 Å². The first-order chi connectivity index (χ1) is 7.48. The zero-order chi connectivity index (χ0) is 11.8. The number of alkyl halides is 3. The van der Waals surface area contributed by atoms with Crippen molar-refractivity contribution in [2.24, 2.45) is 0 Å². The van der Waals surface area contributed by atoms with Crippen LogP contribution in [0.2, 0.25) is 0 Å². The number of nitrogens with zero attached hydrogens (tertiary/aromatic N) is 2. The van der Waals surface area contributed by atoms with Crippen molar-refractivity contribution in [1.29, 1.82) is 0 Å². The predicted octanol–water partition coefficient (Wildman–Crippen LogP) is 2.34. The summed E-state index contributed by atoms with van der Waals surface area (Å²) in [6.45, 7) is 0. The largest absolute Gasteiger partial charge is 0.434 e. The van der Waals surface area contributed by atoms with Crippen LogP contribution in [0.25, 0.3) is 11.3 Å². The van der Waals surface area contributed by atoms with Gasteiger partial charge in [-0.1, -0.05) is 5.16 Å². The second kappa shape index (κ2) is 3.51. The van der Waals surface area contributed by atoms with E-state index in [0.717, 1.165) is 6.20 Å². The maximum Gasteiger partial charge on any atom is 0.434 e. The molecule has 0 unspecified atom stereocenters. The zero-order valence-corrected chi connectivity index (χ0v) is 7.82. The Bertz CT molecular complexity index is 507. The Morgan fingerprint density at radius 3 is 2.62 bits per heavy atom. The van der Waals surface area contributed by atoms with E-state index in [4.69, 9.17) is 5.73 Å². The first-order valence-corrected chi connectivity index (χ1v) is 4.23. The lowest BCUT2D eigenvalue weighted by molar-refractivity contribution is -0.140. The summed E-state index contributed by atoms with van der Waals surface area (Å²) in [5.74, 6) is -0.0371. The van der Waals surface area contributed by atoms with Crippen LogP contribution >= 0.6 is 0 Å². The molecule has 2 N–H and O–H groups in total. The third-order valence-electron chi connectivity index (χ3n) is 1.87. The van der Waals surface area contributed by atoms with Crippen LogP contribution in [0, 0.1) is 0 Å². The third kappa shape index (κ3) is 1.83. The molecule has 0 saturated carbocycles. The Balaban J connectivity index is 2.57. The summed E-state index contributed by atoms with van der Waals surface area (Å²) in [6.07, 6.45) is -3.48. The molecule has 2 aromatic heterocycles. The van der Waals surface area contributed by atoms with Gasteiger partial charge >= 0.3 is 6.18 Å². The van der Waals surface area contributed by atoms with Gasteiger partial charge in [-0.05, 0) is 12.1 Å². The fourth-order valence-corrected chi connectivity index (χ4v) is 1.25. The first-order valence-electron chi connectivity index (χ1n) is 4.23. The molecule has 0 amide bonds. The van der Waals surface area contributed by atoms with E-state index >= 15 is 0 Å². The third-order valence-corrected chi connectivity index (χ3v) is 1.87. The van der Waals surface area contributed by atoms with Crippen molar-refractivity contribution < 1.29 is 17.7 Å². The lowest BCUT2D eigenvalue weighted by Gasteiger charge is -2.08. The van der Waals surface area contributed by atoms with Crippen LogP contribution in [0.4, 0.5) is 19.0 Å². The lowest BCUT2D eigenvalue weighted by Crippen LogP contribution is -2.09. The molecule has 0 spiro atoms. The van der Waals surface area contributed by atoms with E-state index in [1.807, 2.05) is 0 Å². The SMILES string of the molecule is Nc1cc(-c2cccnc2C(F)(F)F)on1. The number of rotatable bonds is 1. The highest BCUT2D eigenvalue weighted by Crippen LogP contribution is 2.35. The average Bonchev–Trinajstić information content (AvgIpc) is 2.64. The number of hydrogen-bond donors (Lipinski definition) is 1. The highest BCUT2D eigenvalue weighted by molar-refractivity contribution is 5.62. The van der Waals surface area contributed by atoms with Crippen LogP contribution in [-0.4, -0.2) is 10.1 Å². The average molecular weight is 229 g/mol. The number of nitrogens with two attached hydrogens (primary N) is 1. The van der Waals surface area contributed by atoms with Gasteiger partial charge in [0.1, 0.15) is 0 Å². The Kier molecular flexibility index (Phi) is 2.30. The Labute approximate surface area is 87.9 Å². The maximum absolute atomic E-state index is 12.6. The fraction of sp³-hybridized carbons (Fsp3) is 0.111. The molecule has 0 aliphatic carbocycles. The summed E-state index contributed by atoms with van der Waals surface area (Å²) in [4.78, 5) is 3.28. The first kappa shape index (κ1) is 10.5. The number of anilines is 1. The van der Waals surface area contributed by atoms with Gasteiger partial charge in [0, 0.05) is 12.3 Å². The molecule has 2 aromatic rings. The van der Waals surface area contributed by atoms with E-state index in [9.17, 15) is 13.2 Å². The maximum atomic E-state index is 12.6. The quantitative estimate of drug-likeness (QED) is 0.815. The topological polar surface area (TPSA) is 64.9 Å². The van der Waals surface area contributed by atoms with Gasteiger partial charge in [0.15, 0.2) is 17.3 Å². The Hall–Kier alpha value is -2.05. The van der Waals surface area contributed by atoms with Crippen LogP contribution in [-0.2, 0) is 6.18 Å². The standard InChI is InChI=1S/C9H6F3N3O/c10-9(11,12)8-5(2-1-3-14-8)6-4-7(13)15-16-6/h1-4H,(H2,13,15). The summed E-state index contributed by atoms with van der Waals surface area (Å²) >= 11 is 0. The smallest absolute Gasteiger partial charge is 0.381 e. The highest BCUT2D eigenvalue weighted by Gasteiger charge is 2.36. The number of halogens is 3. The van der Waals surface area contributed by atoms with Gasteiger partial charge in [0.25, 0.3) is 0 Å². The van der Waals surface area contributed by atoms with Gasteiger partial charge in [-0.15, -0.1) is 0 Å². The number of aromatic nitrogens is 2. The van der Waals surface area contributed by atoms with Crippen LogP contribution in [0.5, 0.6) is 0 Å². The molecule has 0 aromatic carbocycles. The second-order valence-corrected chi connectivity index (χ2v) is 3.01. The molecule has 0 bridgehead atoms. The zero-order valence-electron chi connectivity index (χ0n) is 7.82. The van der Waals surface area contributed by atoms with Gasteiger partial charge in [-0.25, -0.2) is 0 Å². The van der Waals surface area contributed by atoms with Gasteiger partial charge in [-0.2, -0.15) is 13.2 Å². The van der Waals surface area contributed by atoms with E-state index in [1.54, 1.807) is 0 Å². The molecule has 0 saturated heterocycles. The van der Waals surface area contributed by atoms with E-state index in [-0.39, 0.29) is 17.1 Å². The normalized spacial score (nSPS) is 11.7. The molecule has 4 nitrogen and oxygen atoms in total. The van der Waals surface area contributed by atoms with E-state index in [2.05, 4.69) is 14.7 Å². The molecule has 7 heteroatoms. The number of nitrogen functional groups attached to an aromatic ring is 1. The Morgan fingerprint density at radius 1 is 1.31 bits per heavy atom. The minimum atomic E-state index is -4.54. The van der Waals surface area contributed by atoms with Crippen LogP contribution in [0.15, 0.2) is 28.9 Å². The summed E-state index contributed by atoms with van der Waals surface area (Å²) in [5.41, 5.74) is 4.07. The molecule has 2 rings (SSSR count). The van der Waals surface area contributed by atoms with E-state index in [0.29, 0.717) is 0 Å². The fourth-order valence-electron chi connectivity index (χ4n) is 1.25. The van der Waals surface area contributed by atoms with Crippen LogP contribution < -0.4 is 5.73 Å². The molecular formula is C9H6F3N3O. The van der Waals surface area contributed by atoms with Crippen LogP contribution in [0.1, 0.15) is 5.69 Å². The Morgan fingerprint density at radius 2 is 2.06 bits per heavy atom. The van der Waals surface area contributed by atoms with Crippen molar-refractivity contribution in [3.8, 4) is 11.3 Å². The second-order valence-electron chi connectivity index (χ2n) is 3.01. The molecule has 16 heavy (non-hydrogen) atoms. The van der Waals surface area contributed by atoms with Crippen molar-refractivity contribution in [3.63, 3.8) is 0 Å². The van der Waals surface area contributed by atoms with Crippen molar-refractivity contribution in [2.75, 3.05) is 5.73 Å². The van der Waals surface area contributed by atoms with Gasteiger partial charge in [0.2, 0.25) is 0 Å². The summed E-state index contributed by atoms with van der Waals surface area (Å²) < 4.78 is 42.4. The molecule has 2 heterocycles. The monoisotopic (exact) mass is 229 g/mol. The summed E-state index contributed by atoms with van der Waals surface area (Å²) in [7, 11) is 0. The molecule has 84 valence electrons. The van der Waals surface area contributed by atoms with Crippen molar-refractivity contribution in [2.45, 2.75) is 6.18 Å². The molecule has 0 aliphatic heterocycles. The van der Waals surface area contributed by atoms with Crippen LogP contribution in [0.3, 0.4) is 0 Å². The molecule has 0 aliphatic rings. The van der Waals surface area contributed by atoms with E-state index < -0.39 is 11.9 Å². The van der Waals surface area contributed by atoms with Crippen molar-refractivity contribution >= 4 is 5.82 Å². The highest BCUT2D eigenvalue weighted by atomic mass is 19.4. The summed E-state index contributed by atoms with van der Waals surface area (Å²) in [6, 6.07) is 3.84. The van der Waals surface area contributed by atoms with E-state index in [1.165, 1.54) is 18.2 Å². The number of hydrogen-bond acceptors (Lipinski definition) is 4. The molecular weight excluding hydrogens is 223 g/mol. The van der Waals surface area contributed by atoms with Gasteiger partial charge < -0.3 is 10.3 Å². The van der Waals surface area contributed by atoms with Crippen molar-refractivity contribution in [1.82, 2.24) is 10.1 Å². The minimum absolute atomic E-state index is 0.0203. The molecule has 0 fully saturated rings. The number of pyridine rings is 1. The predicted molar refractivity (Wildman–Crippen MR) is 49.1 cm³/mol. The lowest BCUT2D eigenvalue weighted by atomic mass is 10.1.